The number of aromatic nitrogens is 4. The van der Waals surface area contributed by atoms with Crippen molar-refractivity contribution >= 4 is 5.91 Å². The Labute approximate surface area is 232 Å². The third-order valence-electron chi connectivity index (χ3n) is 9.58. The number of hydrogen-bond acceptors (Lipinski definition) is 3. The van der Waals surface area contributed by atoms with Crippen LogP contribution in [0.3, 0.4) is 0 Å². The molecule has 222 valence electrons. The van der Waals surface area contributed by atoms with Crippen LogP contribution in [0, 0.1) is 35.0 Å². The summed E-state index contributed by atoms with van der Waals surface area (Å²) in [6.07, 6.45) is 5.22. The number of aryl methyl sites for hydroxylation is 2. The van der Waals surface area contributed by atoms with Crippen LogP contribution in [0.2, 0.25) is 0 Å². The molecule has 2 aromatic rings. The van der Waals surface area contributed by atoms with E-state index in [1.165, 1.54) is 10.9 Å². The molecular weight excluding hydrogens is 524 g/mol. The van der Waals surface area contributed by atoms with Gasteiger partial charge in [0, 0.05) is 56.3 Å². The zero-order valence-electron chi connectivity index (χ0n) is 23.6. The molecule has 0 spiro atoms. The summed E-state index contributed by atoms with van der Waals surface area (Å²) in [5.74, 6) is -0.466. The lowest BCUT2D eigenvalue weighted by Crippen LogP contribution is -2.48. The van der Waals surface area contributed by atoms with Crippen molar-refractivity contribution in [1.29, 1.82) is 5.41 Å². The molecular formula is C29H42F4N6O. The standard InChI is InChI=1S/C29H42F4N6O/c1-4-39-16-23(26(36-39)29(31,32)33)21-12-18(15-38-10-9-37(3)28(38)34)13-22(14-21)27(40)35-25(19-5-6-19)20-7-8-24(30)17(2)11-20/h9-10,16-22,24-25,34H,4-8,11-15H2,1-3H3,(H,35,40)/t17?,18?,20?,21?,22?,24?,25-/m0/s1. The summed E-state index contributed by atoms with van der Waals surface area (Å²) < 4.78 is 61.1. The average molecular weight is 567 g/mol. The Bertz CT molecular complexity index is 1240. The van der Waals surface area contributed by atoms with E-state index in [4.69, 9.17) is 5.41 Å². The lowest BCUT2D eigenvalue weighted by atomic mass is 9.71. The third kappa shape index (κ3) is 6.17. The normalized spacial score (nSPS) is 30.3. The molecule has 2 aromatic heterocycles. The number of alkyl halides is 4. The SMILES string of the molecule is CCn1cc(C2CC(Cn3ccn(C)c3=N)CC(C(=O)N[C@@H](C3CC3)C3CCC(F)C(C)C3)C2)c(C(F)(F)F)n1. The van der Waals surface area contributed by atoms with Crippen molar-refractivity contribution in [1.82, 2.24) is 24.2 Å². The minimum Gasteiger partial charge on any atom is -0.353 e. The quantitative estimate of drug-likeness (QED) is 0.419. The van der Waals surface area contributed by atoms with Gasteiger partial charge < -0.3 is 14.5 Å². The third-order valence-corrected chi connectivity index (χ3v) is 9.58. The summed E-state index contributed by atoms with van der Waals surface area (Å²) >= 11 is 0. The summed E-state index contributed by atoms with van der Waals surface area (Å²) in [6.45, 7) is 4.49. The van der Waals surface area contributed by atoms with E-state index in [9.17, 15) is 22.4 Å². The molecule has 7 atom stereocenters. The van der Waals surface area contributed by atoms with E-state index in [1.54, 1.807) is 29.3 Å². The highest BCUT2D eigenvalue weighted by molar-refractivity contribution is 5.79. The minimum absolute atomic E-state index is 0.00167. The summed E-state index contributed by atoms with van der Waals surface area (Å²) in [4.78, 5) is 13.8. The Kier molecular flexibility index (Phi) is 8.21. The van der Waals surface area contributed by atoms with Gasteiger partial charge in [0.1, 0.15) is 6.17 Å². The molecule has 40 heavy (non-hydrogen) atoms. The summed E-state index contributed by atoms with van der Waals surface area (Å²) in [5, 5.41) is 15.5. The molecule has 0 radical (unpaired) electrons. The van der Waals surface area contributed by atoms with E-state index in [-0.39, 0.29) is 35.3 Å². The first-order chi connectivity index (χ1) is 18.9. The molecule has 6 unspecified atom stereocenters. The van der Waals surface area contributed by atoms with Crippen LogP contribution in [0.5, 0.6) is 0 Å². The first-order valence-corrected chi connectivity index (χ1v) is 14.8. The molecule has 1 amide bonds. The predicted octanol–water partition coefficient (Wildman–Crippen LogP) is 5.41. The van der Waals surface area contributed by atoms with E-state index in [0.717, 1.165) is 25.7 Å². The Balaban J connectivity index is 1.39. The Morgan fingerprint density at radius 3 is 2.45 bits per heavy atom. The van der Waals surface area contributed by atoms with Crippen molar-refractivity contribution in [3.05, 3.63) is 35.5 Å². The second-order valence-corrected chi connectivity index (χ2v) is 12.6. The first-order valence-electron chi connectivity index (χ1n) is 14.8. The number of carbonyl (C=O) groups is 1. The molecule has 11 heteroatoms. The van der Waals surface area contributed by atoms with Crippen molar-refractivity contribution in [2.24, 2.45) is 36.6 Å². The lowest BCUT2D eigenvalue weighted by Gasteiger charge is -2.38. The van der Waals surface area contributed by atoms with Gasteiger partial charge >= 0.3 is 6.18 Å². The fourth-order valence-corrected chi connectivity index (χ4v) is 7.21. The maximum Gasteiger partial charge on any atom is 0.435 e. The first kappa shape index (κ1) is 28.9. The molecule has 3 aliphatic carbocycles. The van der Waals surface area contributed by atoms with Gasteiger partial charge in [-0.3, -0.25) is 14.9 Å². The summed E-state index contributed by atoms with van der Waals surface area (Å²) in [5.41, 5.74) is -0.389. The van der Waals surface area contributed by atoms with Crippen LogP contribution < -0.4 is 10.9 Å². The van der Waals surface area contributed by atoms with Crippen LogP contribution in [0.4, 0.5) is 17.6 Å². The van der Waals surface area contributed by atoms with E-state index in [1.807, 2.05) is 13.1 Å². The average Bonchev–Trinajstić information content (AvgIpc) is 3.57. The predicted molar refractivity (Wildman–Crippen MR) is 142 cm³/mol. The second kappa shape index (κ2) is 11.4. The topological polar surface area (TPSA) is 80.6 Å². The Morgan fingerprint density at radius 1 is 1.12 bits per heavy atom. The summed E-state index contributed by atoms with van der Waals surface area (Å²) in [6, 6.07) is -0.00167. The number of halogens is 4. The molecule has 2 N–H and O–H groups in total. The number of amides is 1. The summed E-state index contributed by atoms with van der Waals surface area (Å²) in [7, 11) is 1.78. The number of carbonyl (C=O) groups excluding carboxylic acids is 1. The van der Waals surface area contributed by atoms with Crippen molar-refractivity contribution in [3.63, 3.8) is 0 Å². The van der Waals surface area contributed by atoms with E-state index in [2.05, 4.69) is 10.4 Å². The lowest BCUT2D eigenvalue weighted by molar-refractivity contribution is -0.142. The van der Waals surface area contributed by atoms with Gasteiger partial charge in [-0.25, -0.2) is 4.39 Å². The Hall–Kier alpha value is -2.59. The van der Waals surface area contributed by atoms with Crippen LogP contribution in [0.25, 0.3) is 0 Å². The fraction of sp³-hybridized carbons (Fsp3) is 0.759. The van der Waals surface area contributed by atoms with Crippen LogP contribution in [0.1, 0.15) is 82.4 Å². The van der Waals surface area contributed by atoms with Gasteiger partial charge in [0.05, 0.1) is 0 Å². The van der Waals surface area contributed by atoms with Crippen molar-refractivity contribution < 1.29 is 22.4 Å². The van der Waals surface area contributed by atoms with Gasteiger partial charge in [0.25, 0.3) is 0 Å². The highest BCUT2D eigenvalue weighted by Crippen LogP contribution is 2.46. The van der Waals surface area contributed by atoms with Gasteiger partial charge in [-0.1, -0.05) is 6.92 Å². The molecule has 7 nitrogen and oxygen atoms in total. The molecule has 2 heterocycles. The molecule has 0 aliphatic heterocycles. The molecule has 0 saturated heterocycles. The largest absolute Gasteiger partial charge is 0.435 e. The smallest absolute Gasteiger partial charge is 0.353 e. The van der Waals surface area contributed by atoms with Gasteiger partial charge in [0.15, 0.2) is 5.69 Å². The van der Waals surface area contributed by atoms with Crippen LogP contribution >= 0.6 is 0 Å². The molecule has 3 aliphatic rings. The number of hydrogen-bond donors (Lipinski definition) is 2. The van der Waals surface area contributed by atoms with E-state index >= 15 is 0 Å². The van der Waals surface area contributed by atoms with Crippen molar-refractivity contribution in [3.8, 4) is 0 Å². The highest BCUT2D eigenvalue weighted by Gasteiger charge is 2.45. The number of imidazole rings is 1. The molecule has 3 saturated carbocycles. The Morgan fingerprint density at radius 2 is 1.85 bits per heavy atom. The molecule has 3 fully saturated rings. The van der Waals surface area contributed by atoms with Crippen LogP contribution in [-0.2, 0) is 31.1 Å². The van der Waals surface area contributed by atoms with Gasteiger partial charge in [0.2, 0.25) is 11.5 Å². The highest BCUT2D eigenvalue weighted by atomic mass is 19.4. The zero-order valence-corrected chi connectivity index (χ0v) is 23.6. The number of nitrogens with one attached hydrogen (secondary N) is 2. The molecule has 0 aromatic carbocycles. The van der Waals surface area contributed by atoms with Gasteiger partial charge in [-0.15, -0.1) is 0 Å². The van der Waals surface area contributed by atoms with E-state index in [0.29, 0.717) is 50.3 Å². The van der Waals surface area contributed by atoms with Crippen molar-refractivity contribution in [2.75, 3.05) is 0 Å². The zero-order chi connectivity index (χ0) is 28.8. The molecule has 0 bridgehead atoms. The van der Waals surface area contributed by atoms with Crippen LogP contribution in [-0.4, -0.2) is 37.0 Å². The van der Waals surface area contributed by atoms with E-state index < -0.39 is 29.9 Å². The van der Waals surface area contributed by atoms with Crippen molar-refractivity contribution in [2.45, 2.75) is 103 Å². The monoisotopic (exact) mass is 566 g/mol. The van der Waals surface area contributed by atoms with Gasteiger partial charge in [-0.2, -0.15) is 18.3 Å². The number of rotatable bonds is 8. The molecule has 5 rings (SSSR count). The fourth-order valence-electron chi connectivity index (χ4n) is 7.21. The maximum atomic E-state index is 14.2. The van der Waals surface area contributed by atoms with Crippen LogP contribution in [0.15, 0.2) is 18.6 Å². The minimum atomic E-state index is -4.58. The van der Waals surface area contributed by atoms with Gasteiger partial charge in [-0.05, 0) is 87.9 Å². The second-order valence-electron chi connectivity index (χ2n) is 12.6. The maximum absolute atomic E-state index is 14.2. The number of nitrogens with zero attached hydrogens (tertiary/aromatic N) is 4.